The molecule has 0 radical (unpaired) electrons. The fraction of sp³-hybridized carbons (Fsp3) is 0.588. The average Bonchev–Trinajstić information content (AvgIpc) is 2.84. The predicted octanol–water partition coefficient (Wildman–Crippen LogP) is 2.44. The predicted molar refractivity (Wildman–Crippen MR) is 94.6 cm³/mol. The fourth-order valence-corrected chi connectivity index (χ4v) is 4.38. The molecule has 1 aromatic rings. The molecule has 1 fully saturated rings. The molecule has 0 saturated carbocycles. The van der Waals surface area contributed by atoms with Crippen LogP contribution in [0, 0.1) is 6.92 Å². The topological polar surface area (TPSA) is 86.7 Å². The summed E-state index contributed by atoms with van der Waals surface area (Å²) in [5, 5.41) is 10.2. The van der Waals surface area contributed by atoms with E-state index in [9.17, 15) is 18.3 Å². The summed E-state index contributed by atoms with van der Waals surface area (Å²) in [6.07, 6.45) is 7.21. The lowest BCUT2D eigenvalue weighted by molar-refractivity contribution is -0.108. The van der Waals surface area contributed by atoms with Crippen molar-refractivity contribution in [1.29, 1.82) is 0 Å². The SMILES string of the molecule is CCCCCCCc1cc(N2CC(C=O)NS2(=O)=O)c(O)cc1C. The van der Waals surface area contributed by atoms with Gasteiger partial charge in [-0.2, -0.15) is 13.1 Å². The van der Waals surface area contributed by atoms with E-state index in [0.29, 0.717) is 6.29 Å². The van der Waals surface area contributed by atoms with Crippen molar-refractivity contribution in [2.75, 3.05) is 10.8 Å². The van der Waals surface area contributed by atoms with Crippen LogP contribution in [0.2, 0.25) is 0 Å². The third kappa shape index (κ3) is 4.27. The lowest BCUT2D eigenvalue weighted by Crippen LogP contribution is -2.30. The van der Waals surface area contributed by atoms with E-state index in [-0.39, 0.29) is 18.0 Å². The summed E-state index contributed by atoms with van der Waals surface area (Å²) in [6, 6.07) is 2.55. The van der Waals surface area contributed by atoms with Gasteiger partial charge in [0.05, 0.1) is 18.3 Å². The molecule has 1 atom stereocenters. The second-order valence-corrected chi connectivity index (χ2v) is 7.95. The summed E-state index contributed by atoms with van der Waals surface area (Å²) in [5.41, 5.74) is 2.22. The van der Waals surface area contributed by atoms with E-state index in [4.69, 9.17) is 0 Å². The smallest absolute Gasteiger partial charge is 0.302 e. The number of carbonyl (C=O) groups is 1. The number of rotatable bonds is 8. The van der Waals surface area contributed by atoms with E-state index in [1.54, 1.807) is 12.1 Å². The highest BCUT2D eigenvalue weighted by atomic mass is 32.2. The van der Waals surface area contributed by atoms with E-state index in [1.807, 2.05) is 6.92 Å². The number of hydrogen-bond acceptors (Lipinski definition) is 4. The standard InChI is InChI=1S/C17H26N2O4S/c1-3-4-5-6-7-8-14-10-16(17(21)9-13(14)2)19-11-15(12-20)18-24(19,22)23/h9-10,12,15,18,21H,3-8,11H2,1-2H3. The monoisotopic (exact) mass is 354 g/mol. The third-order valence-corrected chi connectivity index (χ3v) is 5.90. The van der Waals surface area contributed by atoms with Crippen molar-refractivity contribution in [3.05, 3.63) is 23.3 Å². The number of carbonyl (C=O) groups excluding carboxylic acids is 1. The first-order valence-electron chi connectivity index (χ1n) is 8.46. The molecule has 7 heteroatoms. The van der Waals surface area contributed by atoms with Crippen LogP contribution in [-0.2, 0) is 21.4 Å². The van der Waals surface area contributed by atoms with Gasteiger partial charge < -0.3 is 9.90 Å². The Morgan fingerprint density at radius 1 is 1.29 bits per heavy atom. The summed E-state index contributed by atoms with van der Waals surface area (Å²) in [4.78, 5) is 10.9. The Kier molecular flexibility index (Phi) is 6.23. The summed E-state index contributed by atoms with van der Waals surface area (Å²) in [7, 11) is -3.79. The number of aromatic hydroxyl groups is 1. The van der Waals surface area contributed by atoms with Crippen LogP contribution >= 0.6 is 0 Å². The molecule has 0 aliphatic carbocycles. The van der Waals surface area contributed by atoms with E-state index < -0.39 is 16.3 Å². The Morgan fingerprint density at radius 2 is 2.00 bits per heavy atom. The molecule has 1 aromatic carbocycles. The molecular formula is C17H26N2O4S. The first-order chi connectivity index (χ1) is 11.4. The number of unbranched alkanes of at least 4 members (excludes halogenated alkanes) is 4. The van der Waals surface area contributed by atoms with Crippen LogP contribution in [0.15, 0.2) is 12.1 Å². The molecule has 6 nitrogen and oxygen atoms in total. The molecule has 0 aromatic heterocycles. The van der Waals surface area contributed by atoms with Crippen LogP contribution in [0.3, 0.4) is 0 Å². The van der Waals surface area contributed by atoms with Gasteiger partial charge in [0, 0.05) is 0 Å². The quantitative estimate of drug-likeness (QED) is 0.554. The molecule has 2 rings (SSSR count). The lowest BCUT2D eigenvalue weighted by Gasteiger charge is -2.19. The molecule has 1 saturated heterocycles. The number of nitrogens with one attached hydrogen (secondary N) is 1. The molecule has 0 amide bonds. The van der Waals surface area contributed by atoms with Gasteiger partial charge in [0.15, 0.2) is 0 Å². The Labute approximate surface area is 144 Å². The highest BCUT2D eigenvalue weighted by Crippen LogP contribution is 2.34. The number of aldehydes is 1. The molecule has 24 heavy (non-hydrogen) atoms. The number of aryl methyl sites for hydroxylation is 2. The van der Waals surface area contributed by atoms with Crippen LogP contribution < -0.4 is 9.03 Å². The molecule has 134 valence electrons. The summed E-state index contributed by atoms with van der Waals surface area (Å²) in [5.74, 6) is -0.0841. The molecule has 1 aliphatic heterocycles. The average molecular weight is 354 g/mol. The number of phenols is 1. The van der Waals surface area contributed by atoms with Crippen LogP contribution in [0.1, 0.15) is 50.2 Å². The molecule has 0 bridgehead atoms. The van der Waals surface area contributed by atoms with Gasteiger partial charge in [0.1, 0.15) is 12.0 Å². The highest BCUT2D eigenvalue weighted by molar-refractivity contribution is 7.91. The zero-order valence-electron chi connectivity index (χ0n) is 14.3. The van der Waals surface area contributed by atoms with Gasteiger partial charge in [-0.25, -0.2) is 0 Å². The van der Waals surface area contributed by atoms with Crippen LogP contribution in [0.5, 0.6) is 5.75 Å². The number of benzene rings is 1. The number of phenolic OH excluding ortho intramolecular Hbond substituents is 1. The maximum absolute atomic E-state index is 12.2. The van der Waals surface area contributed by atoms with Crippen molar-refractivity contribution in [1.82, 2.24) is 4.72 Å². The molecule has 0 spiro atoms. The minimum absolute atomic E-state index is 0.00159. The molecule has 2 N–H and O–H groups in total. The zero-order chi connectivity index (χ0) is 17.7. The summed E-state index contributed by atoms with van der Waals surface area (Å²) < 4.78 is 27.7. The molecule has 1 heterocycles. The lowest BCUT2D eigenvalue weighted by atomic mass is 10.00. The first kappa shape index (κ1) is 18.7. The van der Waals surface area contributed by atoms with Crippen LogP contribution in [0.25, 0.3) is 0 Å². The van der Waals surface area contributed by atoms with Crippen molar-refractivity contribution in [3.8, 4) is 5.75 Å². The zero-order valence-corrected chi connectivity index (χ0v) is 15.1. The van der Waals surface area contributed by atoms with E-state index in [2.05, 4.69) is 11.6 Å². The van der Waals surface area contributed by atoms with Gasteiger partial charge in [-0.3, -0.25) is 4.31 Å². The largest absolute Gasteiger partial charge is 0.506 e. The van der Waals surface area contributed by atoms with Gasteiger partial charge in [-0.15, -0.1) is 0 Å². The number of nitrogens with zero attached hydrogens (tertiary/aromatic N) is 1. The van der Waals surface area contributed by atoms with Crippen molar-refractivity contribution in [2.45, 2.75) is 58.4 Å². The normalized spacial score (nSPS) is 19.6. The van der Waals surface area contributed by atoms with E-state index in [1.165, 1.54) is 19.3 Å². The fourth-order valence-electron chi connectivity index (χ4n) is 2.98. The van der Waals surface area contributed by atoms with Crippen molar-refractivity contribution < 1.29 is 18.3 Å². The first-order valence-corrected chi connectivity index (χ1v) is 9.90. The minimum atomic E-state index is -3.79. The maximum atomic E-state index is 12.2. The Bertz CT molecular complexity index is 688. The van der Waals surface area contributed by atoms with Crippen molar-refractivity contribution >= 4 is 22.2 Å². The molecule has 1 unspecified atom stereocenters. The van der Waals surface area contributed by atoms with Crippen molar-refractivity contribution in [2.24, 2.45) is 0 Å². The van der Waals surface area contributed by atoms with Crippen molar-refractivity contribution in [3.63, 3.8) is 0 Å². The van der Waals surface area contributed by atoms with E-state index in [0.717, 1.165) is 34.7 Å². The van der Waals surface area contributed by atoms with Crippen LogP contribution in [-0.4, -0.2) is 32.4 Å². The molecular weight excluding hydrogens is 328 g/mol. The summed E-state index contributed by atoms with van der Waals surface area (Å²) >= 11 is 0. The third-order valence-electron chi connectivity index (χ3n) is 4.37. The summed E-state index contributed by atoms with van der Waals surface area (Å²) in [6.45, 7) is 4.09. The van der Waals surface area contributed by atoms with Gasteiger partial charge in [0.25, 0.3) is 0 Å². The number of anilines is 1. The van der Waals surface area contributed by atoms with E-state index >= 15 is 0 Å². The number of hydrogen-bond donors (Lipinski definition) is 2. The Balaban J connectivity index is 2.19. The molecule has 1 aliphatic rings. The van der Waals surface area contributed by atoms with Gasteiger partial charge in [-0.05, 0) is 43.0 Å². The minimum Gasteiger partial charge on any atom is -0.506 e. The van der Waals surface area contributed by atoms with Gasteiger partial charge in [0.2, 0.25) is 0 Å². The van der Waals surface area contributed by atoms with Gasteiger partial charge in [-0.1, -0.05) is 32.6 Å². The Morgan fingerprint density at radius 3 is 2.62 bits per heavy atom. The Hall–Kier alpha value is -1.60. The second kappa shape index (κ2) is 7.98. The highest BCUT2D eigenvalue weighted by Gasteiger charge is 2.36. The van der Waals surface area contributed by atoms with Crippen LogP contribution in [0.4, 0.5) is 5.69 Å². The second-order valence-electron chi connectivity index (χ2n) is 6.33. The maximum Gasteiger partial charge on any atom is 0.302 e. The van der Waals surface area contributed by atoms with Gasteiger partial charge >= 0.3 is 10.2 Å².